The monoisotopic (exact) mass is 176 g/mol. The Labute approximate surface area is 57.8 Å². The van der Waals surface area contributed by atoms with Crippen LogP contribution in [0.4, 0.5) is 0 Å². The van der Waals surface area contributed by atoms with Gasteiger partial charge in [-0.15, -0.1) is 0 Å². The topological polar surface area (TPSA) is 9.23 Å². The Morgan fingerprint density at radius 2 is 2.38 bits per heavy atom. The zero-order valence-electron chi connectivity index (χ0n) is 4.80. The summed E-state index contributed by atoms with van der Waals surface area (Å²) in [7, 11) is 1.74. The predicted octanol–water partition coefficient (Wildman–Crippen LogP) is 1.72. The highest BCUT2D eigenvalue weighted by Gasteiger charge is 2.14. The first-order valence-corrected chi connectivity index (χ1v) is 3.59. The van der Waals surface area contributed by atoms with Crippen LogP contribution in [0, 0.1) is 0 Å². The highest BCUT2D eigenvalue weighted by atomic mass is 79.9. The summed E-state index contributed by atoms with van der Waals surface area (Å²) in [6, 6.07) is 0. The molecule has 1 rings (SSSR count). The quantitative estimate of drug-likeness (QED) is 0.437. The lowest BCUT2D eigenvalue weighted by atomic mass is 10.3. The van der Waals surface area contributed by atoms with E-state index in [0.717, 1.165) is 6.42 Å². The maximum absolute atomic E-state index is 5.06. The van der Waals surface area contributed by atoms with Crippen LogP contribution in [0.3, 0.4) is 0 Å². The first kappa shape index (κ1) is 6.30. The van der Waals surface area contributed by atoms with E-state index in [4.69, 9.17) is 4.74 Å². The molecular weight excluding hydrogens is 168 g/mol. The van der Waals surface area contributed by atoms with Crippen LogP contribution in [0.2, 0.25) is 0 Å². The first-order valence-electron chi connectivity index (χ1n) is 2.68. The van der Waals surface area contributed by atoms with Gasteiger partial charge in [0.25, 0.3) is 0 Å². The zero-order valence-corrected chi connectivity index (χ0v) is 6.39. The Bertz CT molecular complexity index is 101. The van der Waals surface area contributed by atoms with Crippen molar-refractivity contribution in [2.24, 2.45) is 0 Å². The minimum Gasteiger partial charge on any atom is -0.377 e. The lowest BCUT2D eigenvalue weighted by molar-refractivity contribution is 0.142. The van der Waals surface area contributed by atoms with Crippen molar-refractivity contribution in [2.75, 3.05) is 7.11 Å². The van der Waals surface area contributed by atoms with Crippen LogP contribution in [0.1, 0.15) is 6.42 Å². The van der Waals surface area contributed by atoms with Gasteiger partial charge in [0, 0.05) is 11.9 Å². The Morgan fingerprint density at radius 1 is 1.62 bits per heavy atom. The van der Waals surface area contributed by atoms with Crippen LogP contribution < -0.4 is 0 Å². The minimum absolute atomic E-state index is 0.347. The Hall–Kier alpha value is 0.180. The Kier molecular flexibility index (Phi) is 2.08. The van der Waals surface area contributed by atoms with Crippen molar-refractivity contribution < 1.29 is 4.74 Å². The number of methoxy groups -OCH3 is 1. The van der Waals surface area contributed by atoms with Gasteiger partial charge < -0.3 is 4.74 Å². The van der Waals surface area contributed by atoms with E-state index < -0.39 is 0 Å². The maximum Gasteiger partial charge on any atom is 0.0766 e. The second-order valence-electron chi connectivity index (χ2n) is 1.91. The molecule has 2 atom stereocenters. The molecule has 0 fully saturated rings. The van der Waals surface area contributed by atoms with E-state index in [1.165, 1.54) is 0 Å². The summed E-state index contributed by atoms with van der Waals surface area (Å²) in [4.78, 5) is 0.535. The molecule has 0 N–H and O–H groups in total. The average molecular weight is 177 g/mol. The standard InChI is InChI=1S/C6H9BrO/c1-8-6-3-2-5(7)4-6/h2-3,5-6H,4H2,1H3/t5-,6-/m1/s1. The molecule has 0 bridgehead atoms. The molecule has 0 aromatic heterocycles. The molecule has 0 spiro atoms. The van der Waals surface area contributed by atoms with Gasteiger partial charge in [0.2, 0.25) is 0 Å². The molecule has 1 nitrogen and oxygen atoms in total. The third-order valence-corrected chi connectivity index (χ3v) is 1.97. The van der Waals surface area contributed by atoms with E-state index in [-0.39, 0.29) is 0 Å². The molecular formula is C6H9BrO. The van der Waals surface area contributed by atoms with E-state index in [1.807, 2.05) is 0 Å². The Balaban J connectivity index is 2.34. The number of allylic oxidation sites excluding steroid dienone is 1. The molecule has 0 aliphatic heterocycles. The summed E-state index contributed by atoms with van der Waals surface area (Å²) in [5.74, 6) is 0. The van der Waals surface area contributed by atoms with E-state index in [1.54, 1.807) is 7.11 Å². The third-order valence-electron chi connectivity index (χ3n) is 1.29. The number of hydrogen-bond acceptors (Lipinski definition) is 1. The molecule has 1 aliphatic rings. The highest BCUT2D eigenvalue weighted by Crippen LogP contribution is 2.19. The largest absolute Gasteiger partial charge is 0.377 e. The summed E-state index contributed by atoms with van der Waals surface area (Å²) < 4.78 is 5.06. The van der Waals surface area contributed by atoms with Crippen LogP contribution in [0.5, 0.6) is 0 Å². The van der Waals surface area contributed by atoms with Gasteiger partial charge in [0.15, 0.2) is 0 Å². The van der Waals surface area contributed by atoms with Crippen molar-refractivity contribution >= 4 is 15.9 Å². The SMILES string of the molecule is CO[C@@H]1C=C[C@@H](Br)C1. The first-order chi connectivity index (χ1) is 3.83. The van der Waals surface area contributed by atoms with E-state index in [2.05, 4.69) is 28.1 Å². The van der Waals surface area contributed by atoms with Gasteiger partial charge in [-0.2, -0.15) is 0 Å². The van der Waals surface area contributed by atoms with Gasteiger partial charge in [0.1, 0.15) is 0 Å². The fraction of sp³-hybridized carbons (Fsp3) is 0.667. The number of ether oxygens (including phenoxy) is 1. The van der Waals surface area contributed by atoms with Crippen LogP contribution >= 0.6 is 15.9 Å². The van der Waals surface area contributed by atoms with Crippen molar-refractivity contribution in [2.45, 2.75) is 17.4 Å². The van der Waals surface area contributed by atoms with Crippen LogP contribution in [0.25, 0.3) is 0 Å². The molecule has 8 heavy (non-hydrogen) atoms. The smallest absolute Gasteiger partial charge is 0.0766 e. The van der Waals surface area contributed by atoms with E-state index in [0.29, 0.717) is 10.9 Å². The van der Waals surface area contributed by atoms with Crippen molar-refractivity contribution in [1.29, 1.82) is 0 Å². The predicted molar refractivity (Wildman–Crippen MR) is 37.3 cm³/mol. The van der Waals surface area contributed by atoms with Crippen molar-refractivity contribution in [3.63, 3.8) is 0 Å². The van der Waals surface area contributed by atoms with Gasteiger partial charge in [0.05, 0.1) is 6.10 Å². The summed E-state index contributed by atoms with van der Waals surface area (Å²) in [5.41, 5.74) is 0. The van der Waals surface area contributed by atoms with Crippen molar-refractivity contribution in [3.05, 3.63) is 12.2 Å². The molecule has 0 saturated heterocycles. The number of halogens is 1. The maximum atomic E-state index is 5.06. The van der Waals surface area contributed by atoms with Gasteiger partial charge in [-0.25, -0.2) is 0 Å². The van der Waals surface area contributed by atoms with E-state index in [9.17, 15) is 0 Å². The average Bonchev–Trinajstić information content (AvgIpc) is 2.14. The van der Waals surface area contributed by atoms with Gasteiger partial charge >= 0.3 is 0 Å². The highest BCUT2D eigenvalue weighted by molar-refractivity contribution is 9.09. The fourth-order valence-corrected chi connectivity index (χ4v) is 1.34. The summed E-state index contributed by atoms with van der Waals surface area (Å²) in [6.07, 6.45) is 5.63. The molecule has 0 saturated carbocycles. The molecule has 0 heterocycles. The lowest BCUT2D eigenvalue weighted by Gasteiger charge is -2.03. The summed E-state index contributed by atoms with van der Waals surface area (Å²) >= 11 is 3.45. The second-order valence-corrected chi connectivity index (χ2v) is 3.09. The zero-order chi connectivity index (χ0) is 5.98. The number of hydrogen-bond donors (Lipinski definition) is 0. The third kappa shape index (κ3) is 1.33. The Morgan fingerprint density at radius 3 is 2.62 bits per heavy atom. The molecule has 0 radical (unpaired) electrons. The van der Waals surface area contributed by atoms with Gasteiger partial charge in [-0.3, -0.25) is 0 Å². The lowest BCUT2D eigenvalue weighted by Crippen LogP contribution is -2.04. The normalized spacial score (nSPS) is 36.2. The number of alkyl halides is 1. The van der Waals surface area contributed by atoms with E-state index >= 15 is 0 Å². The van der Waals surface area contributed by atoms with Crippen LogP contribution in [-0.4, -0.2) is 18.0 Å². The summed E-state index contributed by atoms with van der Waals surface area (Å²) in [5, 5.41) is 0. The van der Waals surface area contributed by atoms with Crippen LogP contribution in [-0.2, 0) is 4.74 Å². The molecule has 1 aliphatic carbocycles. The molecule has 0 unspecified atom stereocenters. The van der Waals surface area contributed by atoms with Crippen molar-refractivity contribution in [3.8, 4) is 0 Å². The minimum atomic E-state index is 0.347. The molecule has 2 heteroatoms. The molecule has 0 aromatic rings. The number of rotatable bonds is 1. The fourth-order valence-electron chi connectivity index (χ4n) is 0.798. The van der Waals surface area contributed by atoms with Gasteiger partial charge in [-0.1, -0.05) is 28.1 Å². The molecule has 0 amide bonds. The second kappa shape index (κ2) is 2.65. The molecule has 46 valence electrons. The van der Waals surface area contributed by atoms with Crippen molar-refractivity contribution in [1.82, 2.24) is 0 Å². The van der Waals surface area contributed by atoms with Crippen LogP contribution in [0.15, 0.2) is 12.2 Å². The van der Waals surface area contributed by atoms with Gasteiger partial charge in [-0.05, 0) is 6.42 Å². The summed E-state index contributed by atoms with van der Waals surface area (Å²) in [6.45, 7) is 0. The molecule has 0 aromatic carbocycles.